The molecule has 92 valence electrons. The van der Waals surface area contributed by atoms with E-state index < -0.39 is 6.09 Å². The molecule has 0 bridgehead atoms. The molecule has 0 spiro atoms. The lowest BCUT2D eigenvalue weighted by Crippen LogP contribution is -2.43. The zero-order valence-electron chi connectivity index (χ0n) is 9.74. The number of aryl methyl sites for hydroxylation is 1. The predicted octanol–water partition coefficient (Wildman–Crippen LogP) is 1.81. The number of ether oxygens (including phenoxy) is 1. The van der Waals surface area contributed by atoms with E-state index in [-0.39, 0.29) is 0 Å². The van der Waals surface area contributed by atoms with Gasteiger partial charge in [0.15, 0.2) is 5.11 Å². The van der Waals surface area contributed by atoms with Crippen molar-refractivity contribution in [1.29, 1.82) is 0 Å². The molecule has 0 aliphatic heterocycles. The van der Waals surface area contributed by atoms with Crippen molar-refractivity contribution in [3.05, 3.63) is 29.8 Å². The average molecular weight is 253 g/mol. The summed E-state index contributed by atoms with van der Waals surface area (Å²) < 4.78 is 4.38. The molecule has 1 rings (SSSR count). The highest BCUT2D eigenvalue weighted by atomic mass is 32.1. The summed E-state index contributed by atoms with van der Waals surface area (Å²) in [5.41, 5.74) is 6.87. The minimum atomic E-state index is -0.601. The molecule has 0 unspecified atom stereocenters. The minimum absolute atomic E-state index is 0.291. The molecular formula is C11H15N3O2S. The van der Waals surface area contributed by atoms with E-state index in [2.05, 4.69) is 27.8 Å². The Morgan fingerprint density at radius 3 is 2.47 bits per heavy atom. The quantitative estimate of drug-likeness (QED) is 0.554. The summed E-state index contributed by atoms with van der Waals surface area (Å²) in [6.45, 7) is 2.09. The topological polar surface area (TPSA) is 62.4 Å². The van der Waals surface area contributed by atoms with Crippen molar-refractivity contribution in [3.8, 4) is 0 Å². The Bertz CT molecular complexity index is 392. The van der Waals surface area contributed by atoms with Gasteiger partial charge in [-0.15, -0.1) is 0 Å². The van der Waals surface area contributed by atoms with Gasteiger partial charge >= 0.3 is 6.09 Å². The van der Waals surface area contributed by atoms with Gasteiger partial charge in [-0.2, -0.15) is 0 Å². The first kappa shape index (κ1) is 13.2. The highest BCUT2D eigenvalue weighted by Gasteiger charge is 2.00. The number of nitrogens with one attached hydrogen (secondary N) is 3. The van der Waals surface area contributed by atoms with Gasteiger partial charge in [0, 0.05) is 5.69 Å². The second-order valence-electron chi connectivity index (χ2n) is 3.25. The molecule has 1 amide bonds. The normalized spacial score (nSPS) is 9.29. The van der Waals surface area contributed by atoms with Crippen molar-refractivity contribution >= 4 is 29.1 Å². The number of amides is 1. The molecule has 5 nitrogen and oxygen atoms in total. The van der Waals surface area contributed by atoms with Gasteiger partial charge in [-0.1, -0.05) is 19.1 Å². The van der Waals surface area contributed by atoms with Crippen LogP contribution in [0.2, 0.25) is 0 Å². The zero-order chi connectivity index (χ0) is 12.7. The van der Waals surface area contributed by atoms with Crippen molar-refractivity contribution < 1.29 is 9.53 Å². The number of hydrazine groups is 1. The number of methoxy groups -OCH3 is 1. The first-order valence-electron chi connectivity index (χ1n) is 5.15. The third-order valence-electron chi connectivity index (χ3n) is 2.08. The molecule has 0 aliphatic carbocycles. The Balaban J connectivity index is 2.42. The van der Waals surface area contributed by atoms with E-state index in [0.29, 0.717) is 5.11 Å². The smallest absolute Gasteiger partial charge is 0.425 e. The number of carbonyl (C=O) groups is 1. The van der Waals surface area contributed by atoms with Gasteiger partial charge in [-0.3, -0.25) is 5.43 Å². The number of carbonyl (C=O) groups excluding carboxylic acids is 1. The summed E-state index contributed by atoms with van der Waals surface area (Å²) in [6.07, 6.45) is 0.392. The summed E-state index contributed by atoms with van der Waals surface area (Å²) in [5.74, 6) is 0. The largest absolute Gasteiger partial charge is 0.452 e. The van der Waals surface area contributed by atoms with Crippen molar-refractivity contribution in [1.82, 2.24) is 10.9 Å². The lowest BCUT2D eigenvalue weighted by molar-refractivity contribution is 0.169. The van der Waals surface area contributed by atoms with Crippen LogP contribution < -0.4 is 16.2 Å². The molecule has 0 heterocycles. The lowest BCUT2D eigenvalue weighted by atomic mass is 10.1. The fourth-order valence-electron chi connectivity index (χ4n) is 1.14. The van der Waals surface area contributed by atoms with Crippen LogP contribution in [-0.2, 0) is 11.2 Å². The van der Waals surface area contributed by atoms with E-state index in [0.717, 1.165) is 12.1 Å². The minimum Gasteiger partial charge on any atom is -0.452 e. The Hall–Kier alpha value is -1.82. The molecule has 0 aromatic heterocycles. The molecule has 0 aliphatic rings. The fourth-order valence-corrected chi connectivity index (χ4v) is 1.31. The maximum absolute atomic E-state index is 10.8. The fraction of sp³-hybridized carbons (Fsp3) is 0.273. The highest BCUT2D eigenvalue weighted by Crippen LogP contribution is 2.09. The number of anilines is 1. The van der Waals surface area contributed by atoms with Gasteiger partial charge in [0.2, 0.25) is 0 Å². The van der Waals surface area contributed by atoms with E-state index in [1.807, 2.05) is 24.3 Å². The number of hydrogen-bond acceptors (Lipinski definition) is 3. The average Bonchev–Trinajstić information content (AvgIpc) is 2.36. The summed E-state index contributed by atoms with van der Waals surface area (Å²) in [7, 11) is 1.27. The maximum Gasteiger partial charge on any atom is 0.425 e. The van der Waals surface area contributed by atoms with Crippen LogP contribution in [0.5, 0.6) is 0 Å². The molecule has 0 saturated heterocycles. The van der Waals surface area contributed by atoms with E-state index >= 15 is 0 Å². The van der Waals surface area contributed by atoms with Crippen LogP contribution in [0.4, 0.5) is 10.5 Å². The summed E-state index contributed by atoms with van der Waals surface area (Å²) in [6, 6.07) is 7.87. The number of rotatable bonds is 2. The molecular weight excluding hydrogens is 238 g/mol. The van der Waals surface area contributed by atoms with Crippen molar-refractivity contribution in [2.45, 2.75) is 13.3 Å². The van der Waals surface area contributed by atoms with E-state index in [9.17, 15) is 4.79 Å². The van der Waals surface area contributed by atoms with Crippen LogP contribution >= 0.6 is 12.2 Å². The molecule has 0 saturated carbocycles. The van der Waals surface area contributed by atoms with Crippen LogP contribution in [0.1, 0.15) is 12.5 Å². The monoisotopic (exact) mass is 253 g/mol. The highest BCUT2D eigenvalue weighted by molar-refractivity contribution is 7.80. The SMILES string of the molecule is CCc1ccc(NC(=S)NNC(=O)OC)cc1. The first-order chi connectivity index (χ1) is 8.15. The molecule has 0 radical (unpaired) electrons. The van der Waals surface area contributed by atoms with Crippen LogP contribution in [0.25, 0.3) is 0 Å². The second-order valence-corrected chi connectivity index (χ2v) is 3.65. The number of hydrogen-bond donors (Lipinski definition) is 3. The van der Waals surface area contributed by atoms with Crippen molar-refractivity contribution in [3.63, 3.8) is 0 Å². The first-order valence-corrected chi connectivity index (χ1v) is 5.56. The van der Waals surface area contributed by atoms with Gasteiger partial charge in [-0.05, 0) is 36.3 Å². The zero-order valence-corrected chi connectivity index (χ0v) is 10.6. The van der Waals surface area contributed by atoms with E-state index in [1.165, 1.54) is 12.7 Å². The summed E-state index contributed by atoms with van der Waals surface area (Å²) >= 11 is 4.97. The lowest BCUT2D eigenvalue weighted by Gasteiger charge is -2.10. The Labute approximate surface area is 106 Å². The Morgan fingerprint density at radius 2 is 1.94 bits per heavy atom. The van der Waals surface area contributed by atoms with Crippen LogP contribution in [0.15, 0.2) is 24.3 Å². The van der Waals surface area contributed by atoms with Crippen LogP contribution in [0, 0.1) is 0 Å². The van der Waals surface area contributed by atoms with E-state index in [1.54, 1.807) is 0 Å². The van der Waals surface area contributed by atoms with Crippen LogP contribution in [-0.4, -0.2) is 18.3 Å². The van der Waals surface area contributed by atoms with Crippen LogP contribution in [0.3, 0.4) is 0 Å². The summed E-state index contributed by atoms with van der Waals surface area (Å²) in [4.78, 5) is 10.8. The molecule has 0 fully saturated rings. The maximum atomic E-state index is 10.8. The predicted molar refractivity (Wildman–Crippen MR) is 70.7 cm³/mol. The third kappa shape index (κ3) is 4.69. The molecule has 1 aromatic carbocycles. The standard InChI is InChI=1S/C11H15N3O2S/c1-3-8-4-6-9(7-5-8)12-10(17)13-14-11(15)16-2/h4-7H,3H2,1-2H3,(H,14,15)(H2,12,13,17). The summed E-state index contributed by atoms with van der Waals surface area (Å²) in [5, 5.41) is 3.21. The second kappa shape index (κ2) is 6.70. The van der Waals surface area contributed by atoms with Gasteiger partial charge in [0.05, 0.1) is 7.11 Å². The molecule has 6 heteroatoms. The number of thiocarbonyl (C=S) groups is 1. The van der Waals surface area contributed by atoms with Gasteiger partial charge in [0.1, 0.15) is 0 Å². The van der Waals surface area contributed by atoms with Gasteiger partial charge < -0.3 is 10.1 Å². The van der Waals surface area contributed by atoms with Crippen molar-refractivity contribution in [2.75, 3.05) is 12.4 Å². The molecule has 17 heavy (non-hydrogen) atoms. The third-order valence-corrected chi connectivity index (χ3v) is 2.29. The molecule has 3 N–H and O–H groups in total. The van der Waals surface area contributed by atoms with E-state index in [4.69, 9.17) is 12.2 Å². The van der Waals surface area contributed by atoms with Crippen molar-refractivity contribution in [2.24, 2.45) is 0 Å². The number of benzene rings is 1. The Kier molecular flexibility index (Phi) is 5.22. The molecule has 1 aromatic rings. The Morgan fingerprint density at radius 1 is 1.29 bits per heavy atom. The van der Waals surface area contributed by atoms with Gasteiger partial charge in [0.25, 0.3) is 0 Å². The van der Waals surface area contributed by atoms with Gasteiger partial charge in [-0.25, -0.2) is 10.2 Å². The molecule has 0 atom stereocenters.